The van der Waals surface area contributed by atoms with Crippen molar-refractivity contribution in [3.8, 4) is 0 Å². The second-order valence-electron chi connectivity index (χ2n) is 9.17. The van der Waals surface area contributed by atoms with Crippen molar-refractivity contribution >= 4 is 11.7 Å². The van der Waals surface area contributed by atoms with Gasteiger partial charge in [-0.2, -0.15) is 10.1 Å². The molecule has 2 N–H and O–H groups in total. The zero-order valence-electron chi connectivity index (χ0n) is 21.6. The maximum absolute atomic E-state index is 12.6. The first-order chi connectivity index (χ1) is 19.6. The van der Waals surface area contributed by atoms with Gasteiger partial charge in [0.15, 0.2) is 5.82 Å². The number of hydrogen-bond acceptors (Lipinski definition) is 6. The third kappa shape index (κ3) is 5.88. The molecule has 0 aliphatic rings. The van der Waals surface area contributed by atoms with Crippen molar-refractivity contribution in [2.75, 3.05) is 11.9 Å². The number of nitrogens with zero attached hydrogens (tertiary/aromatic N) is 3. The number of nitrogens with one attached hydrogen (secondary N) is 1. The van der Waals surface area contributed by atoms with Crippen molar-refractivity contribution in [3.05, 3.63) is 160 Å². The van der Waals surface area contributed by atoms with Gasteiger partial charge in [0.05, 0.1) is 25.5 Å². The number of hydrogen-bond donors (Lipinski definition) is 2. The summed E-state index contributed by atoms with van der Waals surface area (Å²) in [4.78, 5) is 28.9. The van der Waals surface area contributed by atoms with E-state index >= 15 is 0 Å². The van der Waals surface area contributed by atoms with Crippen LogP contribution in [0.1, 0.15) is 27.0 Å². The maximum atomic E-state index is 12.6. The number of rotatable bonds is 10. The highest BCUT2D eigenvalue weighted by Gasteiger charge is 2.38. The predicted octanol–water partition coefficient (Wildman–Crippen LogP) is 4.26. The van der Waals surface area contributed by atoms with Crippen LogP contribution < -0.4 is 11.0 Å². The molecule has 0 aliphatic heterocycles. The van der Waals surface area contributed by atoms with Crippen LogP contribution in [0.25, 0.3) is 0 Å². The van der Waals surface area contributed by atoms with Gasteiger partial charge in [0, 0.05) is 5.56 Å². The number of anilines is 1. The molecule has 1 atom stereocenters. The highest BCUT2D eigenvalue weighted by atomic mass is 16.5. The van der Waals surface area contributed by atoms with E-state index in [4.69, 9.17) is 4.74 Å². The van der Waals surface area contributed by atoms with E-state index in [0.29, 0.717) is 5.56 Å². The maximum Gasteiger partial charge on any atom is 0.366 e. The molecule has 8 nitrogen and oxygen atoms in total. The van der Waals surface area contributed by atoms with Crippen LogP contribution in [-0.4, -0.2) is 38.5 Å². The molecule has 4 aromatic carbocycles. The quantitative estimate of drug-likeness (QED) is 0.260. The predicted molar refractivity (Wildman–Crippen MR) is 152 cm³/mol. The molecule has 0 saturated heterocycles. The Bertz CT molecular complexity index is 1500. The minimum atomic E-state index is -1.08. The van der Waals surface area contributed by atoms with Crippen molar-refractivity contribution in [2.45, 2.75) is 18.2 Å². The fraction of sp³-hybridized carbons (Fsp3) is 0.125. The molecule has 0 saturated carbocycles. The molecule has 0 radical (unpaired) electrons. The molecule has 1 heterocycles. The van der Waals surface area contributed by atoms with Crippen molar-refractivity contribution in [1.82, 2.24) is 14.8 Å². The molecule has 5 aromatic rings. The van der Waals surface area contributed by atoms with Crippen molar-refractivity contribution in [2.24, 2.45) is 0 Å². The van der Waals surface area contributed by atoms with Gasteiger partial charge in [0.2, 0.25) is 0 Å². The Morgan fingerprint density at radius 3 is 1.75 bits per heavy atom. The van der Waals surface area contributed by atoms with E-state index in [1.165, 1.54) is 6.20 Å². The molecule has 1 aromatic heterocycles. The average Bonchev–Trinajstić information content (AvgIpc) is 3.01. The Morgan fingerprint density at radius 1 is 0.800 bits per heavy atom. The van der Waals surface area contributed by atoms with Gasteiger partial charge in [0.25, 0.3) is 5.91 Å². The highest BCUT2D eigenvalue weighted by Crippen LogP contribution is 2.40. The monoisotopic (exact) mass is 532 g/mol. The summed E-state index contributed by atoms with van der Waals surface area (Å²) >= 11 is 0. The molecule has 8 heteroatoms. The molecule has 0 fully saturated rings. The van der Waals surface area contributed by atoms with E-state index in [0.717, 1.165) is 21.4 Å². The number of aromatic nitrogens is 3. The van der Waals surface area contributed by atoms with Gasteiger partial charge >= 0.3 is 5.69 Å². The smallest absolute Gasteiger partial charge is 0.366 e. The third-order valence-corrected chi connectivity index (χ3v) is 6.45. The van der Waals surface area contributed by atoms with Gasteiger partial charge < -0.3 is 15.2 Å². The van der Waals surface area contributed by atoms with Gasteiger partial charge in [-0.1, -0.05) is 109 Å². The van der Waals surface area contributed by atoms with E-state index in [2.05, 4.69) is 15.4 Å². The minimum absolute atomic E-state index is 0.0251. The van der Waals surface area contributed by atoms with Gasteiger partial charge in [-0.15, -0.1) is 0 Å². The first kappa shape index (κ1) is 26.7. The van der Waals surface area contributed by atoms with Crippen LogP contribution in [0.15, 0.2) is 132 Å². The lowest BCUT2D eigenvalue weighted by Crippen LogP contribution is -2.38. The number of ether oxygens (including phenoxy) is 1. The largest absolute Gasteiger partial charge is 0.389 e. The van der Waals surface area contributed by atoms with E-state index in [1.807, 2.05) is 91.0 Å². The van der Waals surface area contributed by atoms with E-state index in [1.54, 1.807) is 30.3 Å². The molecule has 5 rings (SSSR count). The molecule has 0 bridgehead atoms. The van der Waals surface area contributed by atoms with Gasteiger partial charge in [0.1, 0.15) is 5.60 Å². The minimum Gasteiger partial charge on any atom is -0.389 e. The summed E-state index contributed by atoms with van der Waals surface area (Å²) in [6, 6.07) is 38.0. The van der Waals surface area contributed by atoms with Crippen LogP contribution in [0.2, 0.25) is 0 Å². The highest BCUT2D eigenvalue weighted by molar-refractivity contribution is 6.03. The summed E-state index contributed by atoms with van der Waals surface area (Å²) < 4.78 is 7.66. The van der Waals surface area contributed by atoms with Crippen LogP contribution in [0, 0.1) is 0 Å². The van der Waals surface area contributed by atoms with Crippen LogP contribution in [0.5, 0.6) is 0 Å². The Labute approximate surface area is 231 Å². The second-order valence-corrected chi connectivity index (χ2v) is 9.17. The lowest BCUT2D eigenvalue weighted by atomic mass is 9.80. The van der Waals surface area contributed by atoms with E-state index in [9.17, 15) is 14.7 Å². The van der Waals surface area contributed by atoms with Crippen LogP contribution in [-0.2, 0) is 16.9 Å². The summed E-state index contributed by atoms with van der Waals surface area (Å²) in [7, 11) is 0. The van der Waals surface area contributed by atoms with Crippen LogP contribution in [0.3, 0.4) is 0 Å². The zero-order valence-corrected chi connectivity index (χ0v) is 21.6. The van der Waals surface area contributed by atoms with Gasteiger partial charge in [-0.25, -0.2) is 9.48 Å². The standard InChI is InChI=1S/C32H28N4O4/c37-28(22-36-31(39)35-29(21-33-36)34-30(38)24-13-5-1-6-14-24)23-40-32(25-15-7-2-8-16-25,26-17-9-3-10-18-26)27-19-11-4-12-20-27/h1-21,28,37H,22-23H2,(H,34,35,38,39)/t28-/m0/s1. The molecule has 0 unspecified atom stereocenters. The number of benzene rings is 4. The Balaban J connectivity index is 1.36. The van der Waals surface area contributed by atoms with Gasteiger partial charge in [-0.3, -0.25) is 4.79 Å². The first-order valence-corrected chi connectivity index (χ1v) is 12.9. The topological polar surface area (TPSA) is 106 Å². The van der Waals surface area contributed by atoms with Crippen LogP contribution >= 0.6 is 0 Å². The van der Waals surface area contributed by atoms with Gasteiger partial charge in [-0.05, 0) is 28.8 Å². The van der Waals surface area contributed by atoms with E-state index in [-0.39, 0.29) is 19.0 Å². The Morgan fingerprint density at radius 2 is 1.27 bits per heavy atom. The fourth-order valence-electron chi connectivity index (χ4n) is 4.57. The number of amides is 1. The molecular weight excluding hydrogens is 504 g/mol. The van der Waals surface area contributed by atoms with E-state index < -0.39 is 23.3 Å². The molecule has 0 spiro atoms. The third-order valence-electron chi connectivity index (χ3n) is 6.45. The van der Waals surface area contributed by atoms with Crippen LogP contribution in [0.4, 0.5) is 5.82 Å². The summed E-state index contributed by atoms with van der Waals surface area (Å²) in [5.74, 6) is -0.378. The summed E-state index contributed by atoms with van der Waals surface area (Å²) in [5.41, 5.74) is 1.41. The lowest BCUT2D eigenvalue weighted by Gasteiger charge is -2.36. The molecule has 0 aliphatic carbocycles. The number of aliphatic hydroxyl groups excluding tert-OH is 1. The Kier molecular flexibility index (Phi) is 8.20. The molecule has 200 valence electrons. The number of aliphatic hydroxyl groups is 1. The molecular formula is C32H28N4O4. The molecule has 40 heavy (non-hydrogen) atoms. The SMILES string of the molecule is O=C(Nc1cnn(C[C@H](O)COC(c2ccccc2)(c2ccccc2)c2ccccc2)c(=O)n1)c1ccccc1. The van der Waals surface area contributed by atoms with Crippen molar-refractivity contribution in [3.63, 3.8) is 0 Å². The second kappa shape index (κ2) is 12.3. The van der Waals surface area contributed by atoms with Crippen molar-refractivity contribution < 1.29 is 14.6 Å². The number of carbonyl (C=O) groups is 1. The zero-order chi connectivity index (χ0) is 27.8. The lowest BCUT2D eigenvalue weighted by molar-refractivity contribution is -0.0436. The first-order valence-electron chi connectivity index (χ1n) is 12.9. The average molecular weight is 533 g/mol. The summed E-state index contributed by atoms with van der Waals surface area (Å²) in [6.45, 7) is -0.244. The summed E-state index contributed by atoms with van der Waals surface area (Å²) in [6.07, 6.45) is 0.199. The Hall–Kier alpha value is -4.92. The summed E-state index contributed by atoms with van der Waals surface area (Å²) in [5, 5.41) is 17.6. The fourth-order valence-corrected chi connectivity index (χ4v) is 4.57. The van der Waals surface area contributed by atoms with Crippen molar-refractivity contribution in [1.29, 1.82) is 0 Å². The number of carbonyl (C=O) groups excluding carboxylic acids is 1. The molecule has 1 amide bonds. The normalized spacial score (nSPS) is 12.0.